The monoisotopic (exact) mass is 320 g/mol. The molecule has 0 unspecified atom stereocenters. The lowest BCUT2D eigenvalue weighted by Crippen LogP contribution is -2.52. The highest BCUT2D eigenvalue weighted by atomic mass is 16.2. The highest BCUT2D eigenvalue weighted by Crippen LogP contribution is 2.47. The van der Waals surface area contributed by atoms with Crippen molar-refractivity contribution in [1.29, 1.82) is 0 Å². The molecule has 2 aliphatic heterocycles. The number of carbonyl (C=O) groups is 3. The van der Waals surface area contributed by atoms with Gasteiger partial charge in [0.15, 0.2) is 0 Å². The summed E-state index contributed by atoms with van der Waals surface area (Å²) in [6, 6.07) is 17.1. The molecule has 2 heterocycles. The van der Waals surface area contributed by atoms with E-state index in [2.05, 4.69) is 5.32 Å². The highest BCUT2D eigenvalue weighted by Gasteiger charge is 2.54. The van der Waals surface area contributed by atoms with E-state index in [0.717, 1.165) is 16.8 Å². The topological polar surface area (TPSA) is 66.5 Å². The molecule has 0 saturated carbocycles. The van der Waals surface area contributed by atoms with Gasteiger partial charge in [-0.3, -0.25) is 19.7 Å². The summed E-state index contributed by atoms with van der Waals surface area (Å²) in [5.41, 5.74) is 1.50. The first-order valence-electron chi connectivity index (χ1n) is 7.88. The molecule has 2 aromatic rings. The maximum atomic E-state index is 13.2. The molecule has 24 heavy (non-hydrogen) atoms. The normalized spacial score (nSPS) is 18.7. The second-order valence-electron chi connectivity index (χ2n) is 6.30. The van der Waals surface area contributed by atoms with Crippen molar-refractivity contribution in [3.8, 4) is 0 Å². The van der Waals surface area contributed by atoms with Crippen LogP contribution in [0.1, 0.15) is 24.0 Å². The number of rotatable bonds is 2. The Kier molecular flexibility index (Phi) is 3.23. The number of amides is 3. The average molecular weight is 320 g/mol. The highest BCUT2D eigenvalue weighted by molar-refractivity contribution is 6.15. The SMILES string of the molecule is O=C1CC2(CC(=O)N1)C(=O)N(Cc1ccccc1)c1ccccc12. The third kappa shape index (κ3) is 2.12. The van der Waals surface area contributed by atoms with E-state index in [9.17, 15) is 14.4 Å². The molecule has 4 rings (SSSR count). The van der Waals surface area contributed by atoms with E-state index in [4.69, 9.17) is 0 Å². The van der Waals surface area contributed by atoms with Gasteiger partial charge < -0.3 is 4.90 Å². The van der Waals surface area contributed by atoms with Crippen LogP contribution in [0.25, 0.3) is 0 Å². The van der Waals surface area contributed by atoms with E-state index in [0.29, 0.717) is 6.54 Å². The van der Waals surface area contributed by atoms with Crippen molar-refractivity contribution in [2.75, 3.05) is 4.90 Å². The first-order chi connectivity index (χ1) is 11.6. The zero-order valence-electron chi connectivity index (χ0n) is 13.0. The predicted octanol–water partition coefficient (Wildman–Crippen LogP) is 1.91. The second-order valence-corrected chi connectivity index (χ2v) is 6.30. The molecule has 120 valence electrons. The number of nitrogens with zero attached hydrogens (tertiary/aromatic N) is 1. The minimum atomic E-state index is -1.06. The molecular formula is C19H16N2O3. The number of hydrogen-bond acceptors (Lipinski definition) is 3. The largest absolute Gasteiger partial charge is 0.307 e. The van der Waals surface area contributed by atoms with Gasteiger partial charge in [0.05, 0.1) is 12.0 Å². The van der Waals surface area contributed by atoms with Crippen molar-refractivity contribution in [2.24, 2.45) is 0 Å². The molecule has 1 saturated heterocycles. The van der Waals surface area contributed by atoms with E-state index in [1.165, 1.54) is 0 Å². The Labute approximate surface area is 139 Å². The number of piperidine rings is 1. The minimum absolute atomic E-state index is 0.0138. The molecule has 1 fully saturated rings. The third-order valence-electron chi connectivity index (χ3n) is 4.75. The molecule has 0 radical (unpaired) electrons. The van der Waals surface area contributed by atoms with Crippen LogP contribution in [0.15, 0.2) is 54.6 Å². The number of nitrogens with one attached hydrogen (secondary N) is 1. The quantitative estimate of drug-likeness (QED) is 0.860. The molecule has 0 aromatic heterocycles. The number of para-hydroxylation sites is 1. The fraction of sp³-hybridized carbons (Fsp3) is 0.211. The summed E-state index contributed by atoms with van der Waals surface area (Å²) >= 11 is 0. The Bertz CT molecular complexity index is 829. The van der Waals surface area contributed by atoms with Gasteiger partial charge in [-0.15, -0.1) is 0 Å². The molecule has 2 aliphatic rings. The lowest BCUT2D eigenvalue weighted by Gasteiger charge is -2.31. The van der Waals surface area contributed by atoms with Crippen molar-refractivity contribution in [2.45, 2.75) is 24.8 Å². The van der Waals surface area contributed by atoms with Crippen LogP contribution in [-0.4, -0.2) is 17.7 Å². The van der Waals surface area contributed by atoms with E-state index in [-0.39, 0.29) is 18.7 Å². The summed E-state index contributed by atoms with van der Waals surface area (Å²) in [4.78, 5) is 38.8. The van der Waals surface area contributed by atoms with Gasteiger partial charge in [0, 0.05) is 18.5 Å². The fourth-order valence-electron chi connectivity index (χ4n) is 3.72. The van der Waals surface area contributed by atoms with E-state index >= 15 is 0 Å². The van der Waals surface area contributed by atoms with Crippen molar-refractivity contribution in [3.63, 3.8) is 0 Å². The van der Waals surface area contributed by atoms with Crippen LogP contribution in [0, 0.1) is 0 Å². The van der Waals surface area contributed by atoms with E-state index in [1.54, 1.807) is 4.90 Å². The van der Waals surface area contributed by atoms with Gasteiger partial charge in [-0.2, -0.15) is 0 Å². The zero-order chi connectivity index (χ0) is 16.7. The van der Waals surface area contributed by atoms with Gasteiger partial charge in [0.1, 0.15) is 0 Å². The molecule has 5 heteroatoms. The summed E-state index contributed by atoms with van der Waals surface area (Å²) < 4.78 is 0. The Morgan fingerprint density at radius 2 is 1.50 bits per heavy atom. The number of imide groups is 1. The van der Waals surface area contributed by atoms with Crippen LogP contribution in [0.4, 0.5) is 5.69 Å². The summed E-state index contributed by atoms with van der Waals surface area (Å²) in [5, 5.41) is 2.30. The summed E-state index contributed by atoms with van der Waals surface area (Å²) in [5.74, 6) is -0.956. The minimum Gasteiger partial charge on any atom is -0.307 e. The van der Waals surface area contributed by atoms with Crippen LogP contribution in [-0.2, 0) is 26.3 Å². The van der Waals surface area contributed by atoms with Crippen molar-refractivity contribution in [3.05, 3.63) is 65.7 Å². The first kappa shape index (κ1) is 14.6. The number of fused-ring (bicyclic) bond motifs is 2. The van der Waals surface area contributed by atoms with Crippen LogP contribution in [0.5, 0.6) is 0 Å². The molecular weight excluding hydrogens is 304 g/mol. The molecule has 0 atom stereocenters. The number of carbonyl (C=O) groups excluding carboxylic acids is 3. The molecule has 0 aliphatic carbocycles. The van der Waals surface area contributed by atoms with Gasteiger partial charge in [-0.25, -0.2) is 0 Å². The number of anilines is 1. The molecule has 5 nitrogen and oxygen atoms in total. The van der Waals surface area contributed by atoms with Crippen molar-refractivity contribution >= 4 is 23.4 Å². The lowest BCUT2D eigenvalue weighted by molar-refractivity contribution is -0.140. The lowest BCUT2D eigenvalue weighted by atomic mass is 9.73. The average Bonchev–Trinajstić information content (AvgIpc) is 2.78. The van der Waals surface area contributed by atoms with Crippen LogP contribution >= 0.6 is 0 Å². The molecule has 3 amide bonds. The van der Waals surface area contributed by atoms with Crippen LogP contribution in [0.2, 0.25) is 0 Å². The maximum absolute atomic E-state index is 13.2. The number of benzene rings is 2. The van der Waals surface area contributed by atoms with Gasteiger partial charge in [-0.1, -0.05) is 48.5 Å². The van der Waals surface area contributed by atoms with Crippen LogP contribution in [0.3, 0.4) is 0 Å². The standard InChI is InChI=1S/C19H16N2O3/c22-16-10-19(11-17(23)20-16)14-8-4-5-9-15(14)21(18(19)24)12-13-6-2-1-3-7-13/h1-9H,10-12H2,(H,20,22,23). The van der Waals surface area contributed by atoms with E-state index in [1.807, 2.05) is 54.6 Å². The van der Waals surface area contributed by atoms with Gasteiger partial charge in [0.25, 0.3) is 0 Å². The molecule has 1 spiro atoms. The summed E-state index contributed by atoms with van der Waals surface area (Å²) in [7, 11) is 0. The second kappa shape index (κ2) is 5.30. The summed E-state index contributed by atoms with van der Waals surface area (Å²) in [6.45, 7) is 0.425. The Morgan fingerprint density at radius 1 is 0.875 bits per heavy atom. The Hall–Kier alpha value is -2.95. The van der Waals surface area contributed by atoms with Crippen molar-refractivity contribution in [1.82, 2.24) is 5.32 Å². The third-order valence-corrected chi connectivity index (χ3v) is 4.75. The van der Waals surface area contributed by atoms with Gasteiger partial charge in [0.2, 0.25) is 17.7 Å². The molecule has 1 N–H and O–H groups in total. The predicted molar refractivity (Wildman–Crippen MR) is 88.1 cm³/mol. The zero-order valence-corrected chi connectivity index (χ0v) is 13.0. The number of hydrogen-bond donors (Lipinski definition) is 1. The van der Waals surface area contributed by atoms with E-state index < -0.39 is 17.2 Å². The first-order valence-corrected chi connectivity index (χ1v) is 7.88. The van der Waals surface area contributed by atoms with Gasteiger partial charge in [-0.05, 0) is 17.2 Å². The molecule has 2 aromatic carbocycles. The molecule has 0 bridgehead atoms. The smallest absolute Gasteiger partial charge is 0.239 e. The maximum Gasteiger partial charge on any atom is 0.239 e. The van der Waals surface area contributed by atoms with Crippen molar-refractivity contribution < 1.29 is 14.4 Å². The fourth-order valence-corrected chi connectivity index (χ4v) is 3.72. The van der Waals surface area contributed by atoms with Crippen LogP contribution < -0.4 is 10.2 Å². The van der Waals surface area contributed by atoms with Gasteiger partial charge >= 0.3 is 0 Å². The Balaban J connectivity index is 1.80. The summed E-state index contributed by atoms with van der Waals surface area (Å²) in [6.07, 6.45) is 0.0275. The Morgan fingerprint density at radius 3 is 2.21 bits per heavy atom.